The molecule has 2 aromatic carbocycles. The molecule has 0 aromatic heterocycles. The number of hydrogen-bond acceptors (Lipinski definition) is 7. The first kappa shape index (κ1) is 31.6. The second-order valence-corrected chi connectivity index (χ2v) is 10.0. The van der Waals surface area contributed by atoms with Crippen LogP contribution in [0.5, 0.6) is 17.2 Å². The molecule has 0 aliphatic carbocycles. The monoisotopic (exact) mass is 605 g/mol. The number of benzene rings is 2. The summed E-state index contributed by atoms with van der Waals surface area (Å²) in [5, 5.41) is 20.6. The van der Waals surface area contributed by atoms with Crippen LogP contribution in [0.15, 0.2) is 24.3 Å². The Hall–Kier alpha value is -3.60. The molecule has 0 spiro atoms. The first-order valence-electron chi connectivity index (χ1n) is 12.3. The van der Waals surface area contributed by atoms with Crippen molar-refractivity contribution in [3.63, 3.8) is 0 Å². The van der Waals surface area contributed by atoms with Crippen LogP contribution in [-0.4, -0.2) is 66.9 Å². The number of nitrogens with one attached hydrogen (secondary N) is 2. The van der Waals surface area contributed by atoms with Crippen molar-refractivity contribution >= 4 is 40.5 Å². The van der Waals surface area contributed by atoms with Crippen molar-refractivity contribution in [2.45, 2.75) is 52.7 Å². The van der Waals surface area contributed by atoms with Crippen molar-refractivity contribution < 1.29 is 33.7 Å². The lowest BCUT2D eigenvalue weighted by Crippen LogP contribution is -2.30. The van der Waals surface area contributed by atoms with Crippen LogP contribution in [0.3, 0.4) is 0 Å². The molecule has 11 heteroatoms. The number of amides is 1. The van der Waals surface area contributed by atoms with Crippen molar-refractivity contribution in [3.8, 4) is 17.2 Å². The van der Waals surface area contributed by atoms with Crippen LogP contribution >= 0.6 is 17.0 Å². The number of rotatable bonds is 10. The van der Waals surface area contributed by atoms with E-state index in [0.29, 0.717) is 41.2 Å². The zero-order chi connectivity index (χ0) is 28.4. The van der Waals surface area contributed by atoms with Gasteiger partial charge in [0.1, 0.15) is 11.6 Å². The largest absolute Gasteiger partial charge is 0.493 e. The third-order valence-corrected chi connectivity index (χ3v) is 6.29. The second-order valence-electron chi connectivity index (χ2n) is 10.0. The van der Waals surface area contributed by atoms with E-state index in [1.54, 1.807) is 23.1 Å². The molecule has 0 fully saturated rings. The van der Waals surface area contributed by atoms with Gasteiger partial charge in [-0.15, -0.1) is 17.0 Å². The normalized spacial score (nSPS) is 13.2. The molecule has 1 heterocycles. The number of carbonyl (C=O) groups excluding carboxylic acids is 2. The highest BCUT2D eigenvalue weighted by Crippen LogP contribution is 2.41. The maximum atomic E-state index is 13.5. The predicted molar refractivity (Wildman–Crippen MR) is 152 cm³/mol. The predicted octanol–water partition coefficient (Wildman–Crippen LogP) is 4.20. The van der Waals surface area contributed by atoms with Crippen LogP contribution in [0.25, 0.3) is 0 Å². The minimum atomic E-state index is -1.12. The molecule has 0 bridgehead atoms. The summed E-state index contributed by atoms with van der Waals surface area (Å²) < 4.78 is 16.9. The number of carboxylic acids is 1. The van der Waals surface area contributed by atoms with Crippen molar-refractivity contribution in [1.82, 2.24) is 10.2 Å². The van der Waals surface area contributed by atoms with Crippen LogP contribution in [0, 0.1) is 5.41 Å². The molecule has 3 N–H and O–H groups in total. The number of methoxy groups -OCH3 is 1. The van der Waals surface area contributed by atoms with Crippen LogP contribution in [0.2, 0.25) is 0 Å². The molecule has 10 nitrogen and oxygen atoms in total. The number of halogens is 1. The highest BCUT2D eigenvalue weighted by atomic mass is 79.9. The topological polar surface area (TPSA) is 138 Å². The Bertz CT molecular complexity index is 1290. The highest BCUT2D eigenvalue weighted by Gasteiger charge is 2.31. The molecular weight excluding hydrogens is 570 g/mol. The third-order valence-electron chi connectivity index (χ3n) is 6.29. The number of Topliss-reactive ketones (excluding diaryl/α,β-unsaturated/α-hetero) is 1. The lowest BCUT2D eigenvalue weighted by atomic mass is 9.84. The first-order valence-corrected chi connectivity index (χ1v) is 12.3. The van der Waals surface area contributed by atoms with E-state index in [9.17, 15) is 19.5 Å². The Morgan fingerprint density at radius 1 is 1.15 bits per heavy atom. The summed E-state index contributed by atoms with van der Waals surface area (Å²) in [6, 6.07) is 6.60. The van der Waals surface area contributed by atoms with Crippen LogP contribution in [0.1, 0.15) is 72.0 Å². The molecule has 1 unspecified atom stereocenters. The fraction of sp³-hybridized carbons (Fsp3) is 0.429. The first-order chi connectivity index (χ1) is 17.8. The third kappa shape index (κ3) is 6.70. The minimum Gasteiger partial charge on any atom is -0.493 e. The van der Waals surface area contributed by atoms with Gasteiger partial charge in [0.05, 0.1) is 25.8 Å². The fourth-order valence-electron chi connectivity index (χ4n) is 4.24. The van der Waals surface area contributed by atoms with Crippen LogP contribution in [-0.2, 0) is 16.8 Å². The van der Waals surface area contributed by atoms with Gasteiger partial charge in [-0.1, -0.05) is 20.8 Å². The van der Waals surface area contributed by atoms with E-state index in [0.717, 1.165) is 5.56 Å². The molecule has 1 amide bonds. The number of fused-ring (bicyclic) bond motifs is 1. The van der Waals surface area contributed by atoms with Crippen molar-refractivity contribution in [3.05, 3.63) is 52.1 Å². The van der Waals surface area contributed by atoms with E-state index in [-0.39, 0.29) is 52.6 Å². The molecule has 1 atom stereocenters. The lowest BCUT2D eigenvalue weighted by Gasteiger charge is -2.26. The zero-order valence-electron chi connectivity index (χ0n) is 23.3. The SMILES string of the molecule is Br.CCOc1cc2c(cc1C(=O)NC)C(=N)N(CC(=O)c1cc(OC)c(OC(C)C(=O)O)c(C(C)(C)C)c1)C2. The number of carbonyl (C=O) groups is 3. The summed E-state index contributed by atoms with van der Waals surface area (Å²) >= 11 is 0. The van der Waals surface area contributed by atoms with Crippen molar-refractivity contribution in [2.75, 3.05) is 27.3 Å². The van der Waals surface area contributed by atoms with Gasteiger partial charge in [0.15, 0.2) is 23.4 Å². The Labute approximate surface area is 238 Å². The quantitative estimate of drug-likeness (QED) is 0.342. The number of ether oxygens (including phenoxy) is 3. The maximum absolute atomic E-state index is 13.5. The summed E-state index contributed by atoms with van der Waals surface area (Å²) in [5.74, 6) is -0.591. The van der Waals surface area contributed by atoms with E-state index < -0.39 is 17.5 Å². The second kappa shape index (κ2) is 12.5. The number of aliphatic carboxylic acids is 1. The van der Waals surface area contributed by atoms with Gasteiger partial charge in [-0.25, -0.2) is 4.79 Å². The number of ketones is 1. The van der Waals surface area contributed by atoms with Gasteiger partial charge in [-0.3, -0.25) is 15.0 Å². The van der Waals surface area contributed by atoms with Crippen LogP contribution in [0.4, 0.5) is 0 Å². The number of amidine groups is 1. The zero-order valence-corrected chi connectivity index (χ0v) is 25.0. The molecule has 212 valence electrons. The number of nitrogens with zero attached hydrogens (tertiary/aromatic N) is 1. The molecule has 1 aliphatic heterocycles. The van der Waals surface area contributed by atoms with Gasteiger partial charge in [0.25, 0.3) is 5.91 Å². The summed E-state index contributed by atoms with van der Waals surface area (Å²) in [5.41, 5.74) is 2.19. The van der Waals surface area contributed by atoms with Gasteiger partial charge in [0.2, 0.25) is 0 Å². The average molecular weight is 607 g/mol. The van der Waals surface area contributed by atoms with Gasteiger partial charge in [0, 0.05) is 30.3 Å². The Kier molecular flexibility index (Phi) is 10.1. The van der Waals surface area contributed by atoms with Gasteiger partial charge in [-0.2, -0.15) is 0 Å². The maximum Gasteiger partial charge on any atom is 0.344 e. The molecule has 1 aliphatic rings. The molecule has 0 saturated heterocycles. The number of carboxylic acid groups (broad SMARTS) is 1. The van der Waals surface area contributed by atoms with Gasteiger partial charge < -0.3 is 29.5 Å². The summed E-state index contributed by atoms with van der Waals surface area (Å²) in [6.45, 7) is 9.66. The van der Waals surface area contributed by atoms with Gasteiger partial charge in [-0.05, 0) is 49.1 Å². The van der Waals surface area contributed by atoms with Crippen molar-refractivity contribution in [2.24, 2.45) is 0 Å². The Morgan fingerprint density at radius 2 is 1.82 bits per heavy atom. The van der Waals surface area contributed by atoms with E-state index >= 15 is 0 Å². The number of hydrogen-bond donors (Lipinski definition) is 3. The van der Waals surface area contributed by atoms with E-state index in [4.69, 9.17) is 19.6 Å². The van der Waals surface area contributed by atoms with Gasteiger partial charge >= 0.3 is 5.97 Å². The molecule has 39 heavy (non-hydrogen) atoms. The molecule has 2 aromatic rings. The minimum absolute atomic E-state index is 0. The molecule has 0 radical (unpaired) electrons. The average Bonchev–Trinajstić information content (AvgIpc) is 3.16. The molecular formula is C28H36BrN3O7. The summed E-state index contributed by atoms with van der Waals surface area (Å²) in [6.07, 6.45) is -1.11. The molecule has 0 saturated carbocycles. The summed E-state index contributed by atoms with van der Waals surface area (Å²) in [7, 11) is 2.96. The Morgan fingerprint density at radius 3 is 2.36 bits per heavy atom. The fourth-order valence-corrected chi connectivity index (χ4v) is 4.24. The van der Waals surface area contributed by atoms with Crippen LogP contribution < -0.4 is 19.5 Å². The van der Waals surface area contributed by atoms with E-state index in [1.165, 1.54) is 27.1 Å². The molecule has 3 rings (SSSR count). The summed E-state index contributed by atoms with van der Waals surface area (Å²) in [4.78, 5) is 38.9. The van der Waals surface area contributed by atoms with E-state index in [1.807, 2.05) is 27.7 Å². The van der Waals surface area contributed by atoms with Crippen molar-refractivity contribution in [1.29, 1.82) is 5.41 Å². The smallest absolute Gasteiger partial charge is 0.344 e. The Balaban J connectivity index is 0.00000533. The van der Waals surface area contributed by atoms with E-state index in [2.05, 4.69) is 5.32 Å². The highest BCUT2D eigenvalue weighted by molar-refractivity contribution is 8.93. The lowest BCUT2D eigenvalue weighted by molar-refractivity contribution is -0.144. The standard InChI is InChI=1S/C28H35N3O7.BrH/c1-8-37-22-11-17-13-31(25(29)18(17)12-19(22)26(33)30-6)14-21(32)16-9-20(28(3,4)5)24(23(10-16)36-7)38-15(2)27(34)35;/h9-12,15,29H,8,13-14H2,1-7H3,(H,30,33)(H,34,35);1H.